The van der Waals surface area contributed by atoms with Crippen LogP contribution >= 0.6 is 27.3 Å². The number of rotatable bonds is 6. The molecule has 4 aromatic rings. The number of ketones is 1. The van der Waals surface area contributed by atoms with E-state index in [0.717, 1.165) is 26.3 Å². The predicted octanol–water partition coefficient (Wildman–Crippen LogP) is 6.64. The minimum Gasteiger partial charge on any atom is -0.361 e. The van der Waals surface area contributed by atoms with Crippen LogP contribution in [0.1, 0.15) is 25.8 Å². The van der Waals surface area contributed by atoms with Gasteiger partial charge in [0.2, 0.25) is 5.78 Å². The van der Waals surface area contributed by atoms with E-state index in [1.165, 1.54) is 11.3 Å². The van der Waals surface area contributed by atoms with Gasteiger partial charge in [-0.1, -0.05) is 64.5 Å². The maximum Gasteiger partial charge on any atom is 0.204 e. The lowest BCUT2D eigenvalue weighted by molar-refractivity contribution is 0.104. The molecule has 0 aliphatic heterocycles. The largest absolute Gasteiger partial charge is 0.361 e. The molecule has 0 radical (unpaired) electrons. The number of benzene rings is 3. The number of para-hydroxylation sites is 1. The number of nitrogens with one attached hydrogen (secondary N) is 1. The minimum atomic E-state index is -0.0234. The van der Waals surface area contributed by atoms with Crippen LogP contribution in [0.3, 0.4) is 0 Å². The summed E-state index contributed by atoms with van der Waals surface area (Å²) >= 11 is 4.80. The molecule has 0 atom stereocenters. The van der Waals surface area contributed by atoms with E-state index < -0.39 is 0 Å². The molecule has 0 unspecified atom stereocenters. The van der Waals surface area contributed by atoms with Gasteiger partial charge in [0.05, 0.1) is 4.88 Å². The van der Waals surface area contributed by atoms with Crippen molar-refractivity contribution in [2.24, 2.45) is 0 Å². The molecule has 1 heterocycles. The Labute approximate surface area is 181 Å². The second-order valence-electron chi connectivity index (χ2n) is 6.30. The normalized spacial score (nSPS) is 11.3. The number of anilines is 1. The number of carbonyl (C=O) groups excluding carboxylic acids is 1. The molecule has 1 N–H and O–H groups in total. The van der Waals surface area contributed by atoms with Crippen molar-refractivity contribution in [1.82, 2.24) is 4.98 Å². The Hall–Kier alpha value is -3.02. The summed E-state index contributed by atoms with van der Waals surface area (Å²) in [6.45, 7) is 0. The zero-order valence-corrected chi connectivity index (χ0v) is 17.8. The summed E-state index contributed by atoms with van der Waals surface area (Å²) in [5.41, 5.74) is 3.61. The number of carbonyl (C=O) groups is 1. The van der Waals surface area contributed by atoms with E-state index in [4.69, 9.17) is 0 Å². The molecule has 29 heavy (non-hydrogen) atoms. The van der Waals surface area contributed by atoms with Crippen LogP contribution in [0.2, 0.25) is 0 Å². The number of thiazole rings is 1. The van der Waals surface area contributed by atoms with Gasteiger partial charge in [-0.15, -0.1) is 11.3 Å². The third kappa shape index (κ3) is 4.70. The molecular weight excluding hydrogens is 444 g/mol. The van der Waals surface area contributed by atoms with Crippen LogP contribution in [0.4, 0.5) is 5.69 Å². The van der Waals surface area contributed by atoms with Crippen LogP contribution in [0.25, 0.3) is 5.57 Å². The third-order valence-electron chi connectivity index (χ3n) is 4.31. The lowest BCUT2D eigenvalue weighted by Gasteiger charge is -2.07. The highest BCUT2D eigenvalue weighted by atomic mass is 79.9. The van der Waals surface area contributed by atoms with Crippen molar-refractivity contribution in [3.8, 4) is 0 Å². The smallest absolute Gasteiger partial charge is 0.204 e. The van der Waals surface area contributed by atoms with Crippen LogP contribution < -0.4 is 5.32 Å². The highest BCUT2D eigenvalue weighted by molar-refractivity contribution is 9.10. The zero-order valence-electron chi connectivity index (χ0n) is 15.4. The van der Waals surface area contributed by atoms with E-state index >= 15 is 0 Å². The first-order valence-corrected chi connectivity index (χ1v) is 10.7. The summed E-state index contributed by atoms with van der Waals surface area (Å²) in [6, 6.07) is 27.4. The predicted molar refractivity (Wildman–Crippen MR) is 123 cm³/mol. The fraction of sp³-hybridized carbons (Fsp3) is 0. The topological polar surface area (TPSA) is 42.0 Å². The lowest BCUT2D eigenvalue weighted by Crippen LogP contribution is -1.97. The van der Waals surface area contributed by atoms with Gasteiger partial charge in [-0.3, -0.25) is 4.79 Å². The molecular formula is C24H17BrN2OS. The first-order valence-electron chi connectivity index (χ1n) is 9.04. The van der Waals surface area contributed by atoms with Crippen molar-refractivity contribution in [3.63, 3.8) is 0 Å². The number of halogens is 1. The standard InChI is InChI=1S/C24H17BrN2OS/c25-19-13-11-18(12-14-19)23(28)22-16-27-24(29-22)21(17-7-3-1-4-8-17)15-26-20-9-5-2-6-10-20/h1-16,26H/b21-15+. The van der Waals surface area contributed by atoms with Gasteiger partial charge >= 0.3 is 0 Å². The third-order valence-corrected chi connectivity index (χ3v) is 5.87. The molecule has 4 rings (SSSR count). The molecule has 0 saturated carbocycles. The highest BCUT2D eigenvalue weighted by Crippen LogP contribution is 2.29. The average Bonchev–Trinajstić information content (AvgIpc) is 3.25. The lowest BCUT2D eigenvalue weighted by atomic mass is 10.1. The molecule has 142 valence electrons. The SMILES string of the molecule is O=C(c1ccc(Br)cc1)c1cnc(/C(=C/Nc2ccccc2)c2ccccc2)s1. The Morgan fingerprint density at radius 2 is 1.52 bits per heavy atom. The molecule has 0 aliphatic carbocycles. The summed E-state index contributed by atoms with van der Waals surface area (Å²) < 4.78 is 0.945. The molecule has 0 spiro atoms. The van der Waals surface area contributed by atoms with Crippen molar-refractivity contribution in [2.75, 3.05) is 5.32 Å². The second-order valence-corrected chi connectivity index (χ2v) is 8.25. The Bertz CT molecular complexity index is 1140. The number of aromatic nitrogens is 1. The Morgan fingerprint density at radius 1 is 0.862 bits per heavy atom. The van der Waals surface area contributed by atoms with Crippen molar-refractivity contribution in [1.29, 1.82) is 0 Å². The Kier molecular flexibility index (Phi) is 5.98. The maximum absolute atomic E-state index is 12.8. The summed E-state index contributed by atoms with van der Waals surface area (Å²) in [7, 11) is 0. The Morgan fingerprint density at radius 3 is 2.21 bits per heavy atom. The van der Waals surface area contributed by atoms with Crippen LogP contribution in [0.5, 0.6) is 0 Å². The van der Waals surface area contributed by atoms with Gasteiger partial charge in [-0.25, -0.2) is 4.98 Å². The summed E-state index contributed by atoms with van der Waals surface area (Å²) in [5, 5.41) is 4.12. The molecule has 0 amide bonds. The maximum atomic E-state index is 12.8. The number of hydrogen-bond donors (Lipinski definition) is 1. The van der Waals surface area contributed by atoms with Crippen molar-refractivity contribution >= 4 is 44.3 Å². The van der Waals surface area contributed by atoms with Crippen LogP contribution in [-0.2, 0) is 0 Å². The van der Waals surface area contributed by atoms with Gasteiger partial charge in [0.25, 0.3) is 0 Å². The summed E-state index contributed by atoms with van der Waals surface area (Å²) in [6.07, 6.45) is 3.60. The average molecular weight is 461 g/mol. The molecule has 0 bridgehead atoms. The van der Waals surface area contributed by atoms with E-state index in [1.54, 1.807) is 6.20 Å². The Balaban J connectivity index is 1.66. The van der Waals surface area contributed by atoms with E-state index in [1.807, 2.05) is 91.1 Å². The molecule has 5 heteroatoms. The van der Waals surface area contributed by atoms with Crippen molar-refractivity contribution in [2.45, 2.75) is 0 Å². The van der Waals surface area contributed by atoms with Gasteiger partial charge in [-0.05, 0) is 42.0 Å². The van der Waals surface area contributed by atoms with Gasteiger partial charge in [0, 0.05) is 33.7 Å². The fourth-order valence-electron chi connectivity index (χ4n) is 2.82. The van der Waals surface area contributed by atoms with E-state index in [2.05, 4.69) is 26.2 Å². The molecule has 0 fully saturated rings. The van der Waals surface area contributed by atoms with Crippen molar-refractivity contribution < 1.29 is 4.79 Å². The van der Waals surface area contributed by atoms with E-state index in [0.29, 0.717) is 10.4 Å². The fourth-order valence-corrected chi connectivity index (χ4v) is 4.00. The minimum absolute atomic E-state index is 0.0234. The molecule has 3 nitrogen and oxygen atoms in total. The highest BCUT2D eigenvalue weighted by Gasteiger charge is 2.16. The van der Waals surface area contributed by atoms with Gasteiger partial charge in [0.1, 0.15) is 5.01 Å². The zero-order chi connectivity index (χ0) is 20.1. The van der Waals surface area contributed by atoms with Crippen LogP contribution in [-0.4, -0.2) is 10.8 Å². The quantitative estimate of drug-likeness (QED) is 0.328. The van der Waals surface area contributed by atoms with Crippen LogP contribution in [0, 0.1) is 0 Å². The molecule has 0 aliphatic rings. The number of nitrogens with zero attached hydrogens (tertiary/aromatic N) is 1. The van der Waals surface area contributed by atoms with E-state index in [-0.39, 0.29) is 5.78 Å². The van der Waals surface area contributed by atoms with Crippen molar-refractivity contribution in [3.05, 3.63) is 123 Å². The monoisotopic (exact) mass is 460 g/mol. The first kappa shape index (κ1) is 19.3. The summed E-state index contributed by atoms with van der Waals surface area (Å²) in [4.78, 5) is 18.0. The summed E-state index contributed by atoms with van der Waals surface area (Å²) in [5.74, 6) is -0.0234. The van der Waals surface area contributed by atoms with Gasteiger partial charge < -0.3 is 5.32 Å². The van der Waals surface area contributed by atoms with E-state index in [9.17, 15) is 4.79 Å². The molecule has 3 aromatic carbocycles. The van der Waals surface area contributed by atoms with Gasteiger partial charge in [0.15, 0.2) is 0 Å². The van der Waals surface area contributed by atoms with Crippen LogP contribution in [0.15, 0.2) is 102 Å². The molecule has 1 aromatic heterocycles. The number of hydrogen-bond acceptors (Lipinski definition) is 4. The van der Waals surface area contributed by atoms with Gasteiger partial charge in [-0.2, -0.15) is 0 Å². The second kappa shape index (κ2) is 8.99. The first-order chi connectivity index (χ1) is 14.2. The molecule has 0 saturated heterocycles.